The number of nitrogens with one attached hydrogen (secondary N) is 1. The van der Waals surface area contributed by atoms with Crippen LogP contribution in [0.4, 0.5) is 0 Å². The van der Waals surface area contributed by atoms with Gasteiger partial charge in [0.15, 0.2) is 5.96 Å². The molecule has 0 saturated carbocycles. The Morgan fingerprint density at radius 1 is 1.19 bits per heavy atom. The summed E-state index contributed by atoms with van der Waals surface area (Å²) in [6, 6.07) is 10.7. The summed E-state index contributed by atoms with van der Waals surface area (Å²) in [7, 11) is 2.21. The number of benzene rings is 1. The van der Waals surface area contributed by atoms with Crippen molar-refractivity contribution in [1.29, 1.82) is 0 Å². The predicted octanol–water partition coefficient (Wildman–Crippen LogP) is 3.70. The topological polar surface area (TPSA) is 30.9 Å². The van der Waals surface area contributed by atoms with E-state index in [0.29, 0.717) is 0 Å². The molecule has 2 fully saturated rings. The molecule has 0 amide bonds. The molecular formula is C21H33IN4. The zero-order valence-electron chi connectivity index (χ0n) is 16.2. The summed E-state index contributed by atoms with van der Waals surface area (Å²) in [5.41, 5.74) is 2.87. The lowest BCUT2D eigenvalue weighted by molar-refractivity contribution is 0.371. The van der Waals surface area contributed by atoms with Crippen LogP contribution in [0.5, 0.6) is 0 Å². The smallest absolute Gasteiger partial charge is 0.193 e. The number of halogens is 1. The summed E-state index contributed by atoms with van der Waals surface area (Å²) in [4.78, 5) is 9.79. The average Bonchev–Trinajstić information content (AvgIpc) is 3.06. The molecule has 1 aromatic rings. The maximum Gasteiger partial charge on any atom is 0.193 e. The summed E-state index contributed by atoms with van der Waals surface area (Å²) in [6.07, 6.45) is 5.90. The molecule has 2 aliphatic rings. The van der Waals surface area contributed by atoms with Crippen LogP contribution in [0, 0.1) is 5.92 Å². The van der Waals surface area contributed by atoms with Crippen LogP contribution in [0.2, 0.25) is 0 Å². The maximum absolute atomic E-state index is 4.95. The van der Waals surface area contributed by atoms with Crippen molar-refractivity contribution in [3.05, 3.63) is 41.5 Å². The van der Waals surface area contributed by atoms with Crippen molar-refractivity contribution in [2.24, 2.45) is 10.9 Å². The molecule has 0 spiro atoms. The molecule has 5 heteroatoms. The second-order valence-corrected chi connectivity index (χ2v) is 7.31. The fourth-order valence-electron chi connectivity index (χ4n) is 3.75. The number of nitrogens with zero attached hydrogens (tertiary/aromatic N) is 3. The van der Waals surface area contributed by atoms with Crippen LogP contribution < -0.4 is 5.32 Å². The lowest BCUT2D eigenvalue weighted by atomic mass is 10.0. The van der Waals surface area contributed by atoms with E-state index < -0.39 is 0 Å². The van der Waals surface area contributed by atoms with Gasteiger partial charge in [-0.25, -0.2) is 0 Å². The molecule has 1 N–H and O–H groups in total. The summed E-state index contributed by atoms with van der Waals surface area (Å²) in [6.45, 7) is 8.58. The fraction of sp³-hybridized carbons (Fsp3) is 0.571. The molecule has 0 bridgehead atoms. The van der Waals surface area contributed by atoms with Gasteiger partial charge in [0.25, 0.3) is 0 Å². The molecule has 0 radical (unpaired) electrons. The zero-order valence-corrected chi connectivity index (χ0v) is 18.5. The first-order valence-electron chi connectivity index (χ1n) is 9.71. The van der Waals surface area contributed by atoms with E-state index in [1.54, 1.807) is 5.57 Å². The molecule has 26 heavy (non-hydrogen) atoms. The van der Waals surface area contributed by atoms with Gasteiger partial charge in [0, 0.05) is 32.7 Å². The van der Waals surface area contributed by atoms with Crippen molar-refractivity contribution in [1.82, 2.24) is 15.1 Å². The van der Waals surface area contributed by atoms with Gasteiger partial charge in [-0.3, -0.25) is 4.99 Å². The molecule has 1 unspecified atom stereocenters. The first-order chi connectivity index (χ1) is 12.2. The van der Waals surface area contributed by atoms with Gasteiger partial charge in [-0.1, -0.05) is 42.0 Å². The minimum absolute atomic E-state index is 0. The Morgan fingerprint density at radius 3 is 2.54 bits per heavy atom. The molecule has 0 aliphatic carbocycles. The standard InChI is InChI=1S/C21H32N4.HI/c1-3-22-21(23-16-20-9-12-24(2)17-20)25-13-10-19(11-14-25)15-18-7-5-4-6-8-18;/h4-8,15,20H,3,9-14,16-17H2,1-2H3,(H,22,23);1H. The molecule has 0 aromatic heterocycles. The molecule has 2 saturated heterocycles. The summed E-state index contributed by atoms with van der Waals surface area (Å²) >= 11 is 0. The molecule has 1 aromatic carbocycles. The van der Waals surface area contributed by atoms with Crippen LogP contribution in [0.15, 0.2) is 40.9 Å². The fourth-order valence-corrected chi connectivity index (χ4v) is 3.75. The third-order valence-corrected chi connectivity index (χ3v) is 5.20. The number of likely N-dealkylation sites (tertiary alicyclic amines) is 2. The number of piperidine rings is 1. The molecule has 2 heterocycles. The van der Waals surface area contributed by atoms with E-state index >= 15 is 0 Å². The first kappa shape index (κ1) is 21.2. The van der Waals surface area contributed by atoms with Gasteiger partial charge in [0.05, 0.1) is 0 Å². The van der Waals surface area contributed by atoms with Crippen LogP contribution in [0.3, 0.4) is 0 Å². The van der Waals surface area contributed by atoms with Gasteiger partial charge in [0.1, 0.15) is 0 Å². The Labute approximate surface area is 175 Å². The van der Waals surface area contributed by atoms with Gasteiger partial charge >= 0.3 is 0 Å². The quantitative estimate of drug-likeness (QED) is 0.416. The Kier molecular flexibility index (Phi) is 8.91. The third kappa shape index (κ3) is 6.27. The second kappa shape index (κ2) is 10.9. The Bertz CT molecular complexity index is 589. The predicted molar refractivity (Wildman–Crippen MR) is 122 cm³/mol. The van der Waals surface area contributed by atoms with Gasteiger partial charge in [0.2, 0.25) is 0 Å². The Morgan fingerprint density at radius 2 is 1.92 bits per heavy atom. The van der Waals surface area contributed by atoms with Gasteiger partial charge in [-0.2, -0.15) is 0 Å². The second-order valence-electron chi connectivity index (χ2n) is 7.31. The molecule has 2 aliphatic heterocycles. The number of rotatable bonds is 4. The van der Waals surface area contributed by atoms with Crippen LogP contribution in [-0.2, 0) is 0 Å². The van der Waals surface area contributed by atoms with Crippen LogP contribution >= 0.6 is 24.0 Å². The third-order valence-electron chi connectivity index (χ3n) is 5.20. The monoisotopic (exact) mass is 468 g/mol. The van der Waals surface area contributed by atoms with Gasteiger partial charge < -0.3 is 15.1 Å². The molecule has 3 rings (SSSR count). The van der Waals surface area contributed by atoms with E-state index in [-0.39, 0.29) is 24.0 Å². The highest BCUT2D eigenvalue weighted by atomic mass is 127. The number of guanidine groups is 1. The molecule has 1 atom stereocenters. The van der Waals surface area contributed by atoms with E-state index in [0.717, 1.165) is 50.9 Å². The highest BCUT2D eigenvalue weighted by molar-refractivity contribution is 14.0. The molecular weight excluding hydrogens is 435 g/mol. The lowest BCUT2D eigenvalue weighted by Crippen LogP contribution is -2.44. The van der Waals surface area contributed by atoms with Crippen molar-refractivity contribution in [3.8, 4) is 0 Å². The summed E-state index contributed by atoms with van der Waals surface area (Å²) < 4.78 is 0. The summed E-state index contributed by atoms with van der Waals surface area (Å²) in [5.74, 6) is 1.83. The maximum atomic E-state index is 4.95. The molecule has 144 valence electrons. The molecule has 4 nitrogen and oxygen atoms in total. The number of hydrogen-bond donors (Lipinski definition) is 1. The minimum atomic E-state index is 0. The van der Waals surface area contributed by atoms with Crippen LogP contribution in [0.1, 0.15) is 31.7 Å². The lowest BCUT2D eigenvalue weighted by Gasteiger charge is -2.31. The normalized spacial score (nSPS) is 21.5. The van der Waals surface area contributed by atoms with Crippen LogP contribution in [0.25, 0.3) is 6.08 Å². The van der Waals surface area contributed by atoms with E-state index in [4.69, 9.17) is 4.99 Å². The Hall–Kier alpha value is -1.08. The van der Waals surface area contributed by atoms with Crippen molar-refractivity contribution in [2.75, 3.05) is 46.3 Å². The highest BCUT2D eigenvalue weighted by Gasteiger charge is 2.21. The Balaban J connectivity index is 0.00000243. The highest BCUT2D eigenvalue weighted by Crippen LogP contribution is 2.20. The average molecular weight is 468 g/mol. The van der Waals surface area contributed by atoms with E-state index in [9.17, 15) is 0 Å². The van der Waals surface area contributed by atoms with Crippen molar-refractivity contribution in [3.63, 3.8) is 0 Å². The van der Waals surface area contributed by atoms with Gasteiger partial charge in [-0.05, 0) is 51.3 Å². The SMILES string of the molecule is CCNC(=NCC1CCN(C)C1)N1CCC(=Cc2ccccc2)CC1.I. The number of aliphatic imine (C=N–C) groups is 1. The van der Waals surface area contributed by atoms with E-state index in [2.05, 4.69) is 65.5 Å². The first-order valence-corrected chi connectivity index (χ1v) is 9.71. The summed E-state index contributed by atoms with van der Waals surface area (Å²) in [5, 5.41) is 3.49. The van der Waals surface area contributed by atoms with Crippen LogP contribution in [-0.4, -0.2) is 62.1 Å². The van der Waals surface area contributed by atoms with E-state index in [1.165, 1.54) is 25.1 Å². The largest absolute Gasteiger partial charge is 0.357 e. The van der Waals surface area contributed by atoms with Crippen molar-refractivity contribution >= 4 is 36.0 Å². The van der Waals surface area contributed by atoms with Crippen molar-refractivity contribution in [2.45, 2.75) is 26.2 Å². The minimum Gasteiger partial charge on any atom is -0.357 e. The van der Waals surface area contributed by atoms with E-state index in [1.807, 2.05) is 0 Å². The number of hydrogen-bond acceptors (Lipinski definition) is 2. The zero-order chi connectivity index (χ0) is 17.5. The van der Waals surface area contributed by atoms with Crippen molar-refractivity contribution < 1.29 is 0 Å². The van der Waals surface area contributed by atoms with Gasteiger partial charge in [-0.15, -0.1) is 24.0 Å².